The van der Waals surface area contributed by atoms with Crippen molar-refractivity contribution < 1.29 is 32.1 Å². The fraction of sp³-hybridized carbons (Fsp3) is 0.320. The number of aromatic nitrogens is 2. The maximum Gasteiger partial charge on any atom is 0.289 e. The highest BCUT2D eigenvalue weighted by Gasteiger charge is 2.49. The number of rotatable bonds is 9. The van der Waals surface area contributed by atoms with Gasteiger partial charge in [-0.25, -0.2) is 4.68 Å². The smallest absolute Gasteiger partial charge is 0.289 e. The number of nitrogens with one attached hydrogen (secondary N) is 1. The van der Waals surface area contributed by atoms with Gasteiger partial charge >= 0.3 is 0 Å². The highest BCUT2D eigenvalue weighted by atomic mass is 32.2. The average molecular weight is 600 g/mol. The van der Waals surface area contributed by atoms with Crippen LogP contribution in [-0.2, 0) is 33.2 Å². The number of hydrogen-bond donors (Lipinski definition) is 1. The zero-order chi connectivity index (χ0) is 29.5. The van der Waals surface area contributed by atoms with Crippen molar-refractivity contribution in [3.05, 3.63) is 75.5 Å². The van der Waals surface area contributed by atoms with Gasteiger partial charge in [-0.3, -0.25) is 29.9 Å². The molecule has 214 valence electrons. The molecule has 0 bridgehead atoms. The molecule has 1 atom stereocenters. The molecule has 1 N–H and O–H groups in total. The number of carbonyl (C=O) groups excluding carboxylic acids is 2. The van der Waals surface area contributed by atoms with Gasteiger partial charge in [0.2, 0.25) is 5.91 Å². The molecule has 5 rings (SSSR count). The second-order valence-electron chi connectivity index (χ2n) is 9.75. The second kappa shape index (κ2) is 10.9. The monoisotopic (exact) mass is 599 g/mol. The first-order valence-electron chi connectivity index (χ1n) is 12.5. The van der Waals surface area contributed by atoms with Gasteiger partial charge in [0.25, 0.3) is 32.9 Å². The summed E-state index contributed by atoms with van der Waals surface area (Å²) in [6.45, 7) is 1.72. The van der Waals surface area contributed by atoms with Gasteiger partial charge in [0, 0.05) is 23.9 Å². The molecule has 0 spiro atoms. The lowest BCUT2D eigenvalue weighted by atomic mass is 10.1. The van der Waals surface area contributed by atoms with E-state index in [1.165, 1.54) is 57.9 Å². The summed E-state index contributed by atoms with van der Waals surface area (Å²) in [7, 11) is -2.61. The number of nitro groups is 1. The summed E-state index contributed by atoms with van der Waals surface area (Å²) in [6.07, 6.45) is 1.28. The molecule has 1 aliphatic heterocycles. The minimum absolute atomic E-state index is 0.0272. The Labute approximate surface area is 239 Å². The zero-order valence-electron chi connectivity index (χ0n) is 22.0. The second-order valence-corrected chi connectivity index (χ2v) is 11.7. The maximum atomic E-state index is 13.4. The highest BCUT2D eigenvalue weighted by molar-refractivity contribution is 7.90. The number of sulfonamides is 1. The first-order chi connectivity index (χ1) is 19.4. The van der Waals surface area contributed by atoms with E-state index >= 15 is 0 Å². The molecule has 1 aliphatic carbocycles. The Kier molecular flexibility index (Phi) is 7.44. The summed E-state index contributed by atoms with van der Waals surface area (Å²) in [5.41, 5.74) is 1.04. The number of thiocarbonyl (C=S) groups is 1. The lowest BCUT2D eigenvalue weighted by Gasteiger charge is -2.22. The highest BCUT2D eigenvalue weighted by Crippen LogP contribution is 2.34. The maximum absolute atomic E-state index is 13.4. The Balaban J connectivity index is 1.41. The number of hydrogen-bond acceptors (Lipinski definition) is 8. The number of nitrogens with zero attached hydrogens (tertiary/aromatic N) is 6. The van der Waals surface area contributed by atoms with Gasteiger partial charge in [0.05, 0.1) is 16.2 Å². The Morgan fingerprint density at radius 1 is 1.22 bits per heavy atom. The van der Waals surface area contributed by atoms with E-state index in [4.69, 9.17) is 16.7 Å². The number of non-ortho nitro benzene ring substituents is 1. The third-order valence-corrected chi connectivity index (χ3v) is 8.44. The lowest BCUT2D eigenvalue weighted by molar-refractivity contribution is -0.752. The summed E-state index contributed by atoms with van der Waals surface area (Å²) in [4.78, 5) is 39.7. The molecule has 2 aliphatic rings. The van der Waals surface area contributed by atoms with Gasteiger partial charge in [0.1, 0.15) is 19.6 Å². The first kappa shape index (κ1) is 28.1. The molecule has 2 aromatic carbocycles. The van der Waals surface area contributed by atoms with E-state index < -0.39 is 26.9 Å². The minimum atomic E-state index is -4.14. The first-order valence-corrected chi connectivity index (χ1v) is 14.4. The quantitative estimate of drug-likeness (QED) is 0.162. The van der Waals surface area contributed by atoms with E-state index in [0.717, 1.165) is 18.4 Å². The predicted octanol–water partition coefficient (Wildman–Crippen LogP) is 1.06. The van der Waals surface area contributed by atoms with Crippen molar-refractivity contribution in [1.29, 1.82) is 0 Å². The molecule has 1 aromatic heterocycles. The Morgan fingerprint density at radius 2 is 1.88 bits per heavy atom. The van der Waals surface area contributed by atoms with E-state index in [1.807, 2.05) is 6.92 Å². The third-order valence-electron chi connectivity index (χ3n) is 6.73. The number of nitro benzene ring substituents is 1. The molecule has 1 saturated carbocycles. The number of benzene rings is 2. The van der Waals surface area contributed by atoms with Gasteiger partial charge in [0.15, 0.2) is 5.11 Å². The Morgan fingerprint density at radius 3 is 2.49 bits per heavy atom. The summed E-state index contributed by atoms with van der Waals surface area (Å²) in [5.74, 6) is -0.856. The van der Waals surface area contributed by atoms with Gasteiger partial charge < -0.3 is 14.7 Å². The van der Waals surface area contributed by atoms with E-state index in [1.54, 1.807) is 12.1 Å². The van der Waals surface area contributed by atoms with Crippen molar-refractivity contribution >= 4 is 50.5 Å². The molecule has 1 saturated heterocycles. The summed E-state index contributed by atoms with van der Waals surface area (Å²) < 4.78 is 36.3. The SMILES string of the molecule is Cc1ccc(S(=O)(=O)/N=c2/o[n-][n+](C)c2CN2C(=S)N(C3CC3)C(=O)C2CC(=O)Nc2ccc([N+](=O)[O-])cc2)cc1. The fourth-order valence-electron chi connectivity index (χ4n) is 4.37. The number of amides is 2. The van der Waals surface area contributed by atoms with Crippen LogP contribution in [0.3, 0.4) is 0 Å². The normalized spacial score (nSPS) is 17.8. The van der Waals surface area contributed by atoms with E-state index in [9.17, 15) is 28.1 Å². The van der Waals surface area contributed by atoms with Crippen LogP contribution in [0, 0.1) is 17.0 Å². The number of carbonyl (C=O) groups is 2. The molecule has 2 fully saturated rings. The summed E-state index contributed by atoms with van der Waals surface area (Å²) in [6, 6.07) is 10.4. The number of aryl methyl sites for hydroxylation is 2. The van der Waals surface area contributed by atoms with E-state index in [-0.39, 0.29) is 51.9 Å². The molecule has 2 amide bonds. The van der Waals surface area contributed by atoms with Crippen molar-refractivity contribution in [3.63, 3.8) is 0 Å². The Bertz CT molecular complexity index is 1710. The van der Waals surface area contributed by atoms with Gasteiger partial charge in [-0.15, -0.1) is 4.40 Å². The van der Waals surface area contributed by atoms with Crippen LogP contribution in [0.4, 0.5) is 11.4 Å². The van der Waals surface area contributed by atoms with E-state index in [0.29, 0.717) is 5.69 Å². The van der Waals surface area contributed by atoms with Gasteiger partial charge in [-0.2, -0.15) is 8.42 Å². The van der Waals surface area contributed by atoms with Crippen LogP contribution >= 0.6 is 12.2 Å². The zero-order valence-corrected chi connectivity index (χ0v) is 23.6. The molecule has 41 heavy (non-hydrogen) atoms. The van der Waals surface area contributed by atoms with Gasteiger partial charge in [-0.05, 0) is 56.2 Å². The molecule has 1 unspecified atom stereocenters. The average Bonchev–Trinajstić information content (AvgIpc) is 3.66. The van der Waals surface area contributed by atoms with Crippen molar-refractivity contribution in [3.8, 4) is 0 Å². The predicted molar refractivity (Wildman–Crippen MR) is 145 cm³/mol. The van der Waals surface area contributed by atoms with Crippen molar-refractivity contribution in [2.75, 3.05) is 5.32 Å². The van der Waals surface area contributed by atoms with Crippen LogP contribution in [0.1, 0.15) is 30.5 Å². The summed E-state index contributed by atoms with van der Waals surface area (Å²) in [5, 5.41) is 17.6. The molecule has 3 aromatic rings. The van der Waals surface area contributed by atoms with Crippen LogP contribution in [0.5, 0.6) is 0 Å². The Hall–Kier alpha value is -4.44. The lowest BCUT2D eigenvalue weighted by Crippen LogP contribution is -2.45. The molecule has 0 radical (unpaired) electrons. The van der Waals surface area contributed by atoms with Gasteiger partial charge in [-0.1, -0.05) is 17.7 Å². The summed E-state index contributed by atoms with van der Waals surface area (Å²) >= 11 is 5.64. The fourth-order valence-corrected chi connectivity index (χ4v) is 5.74. The third kappa shape index (κ3) is 5.88. The van der Waals surface area contributed by atoms with Crippen LogP contribution in [-0.4, -0.2) is 52.2 Å². The van der Waals surface area contributed by atoms with Crippen LogP contribution in [0.2, 0.25) is 0 Å². The standard InChI is InChI=1S/C25H25N7O7S2/c1-15-3-11-19(12-4-15)41(37,38)27-23-21(29(2)28-39-23)14-30-20(24(34)31(25(30)40)17-9-10-17)13-22(33)26-16-5-7-18(8-6-16)32(35)36/h3-8,11-12,17,20H,9-10,13-14H2,1-2H3,(H,26,33)/b27-23+. The topological polar surface area (TPSA) is 173 Å². The molecular weight excluding hydrogens is 574 g/mol. The van der Waals surface area contributed by atoms with Crippen LogP contribution in [0.25, 0.3) is 0 Å². The molecule has 16 heteroatoms. The van der Waals surface area contributed by atoms with Crippen LogP contribution < -0.4 is 20.8 Å². The van der Waals surface area contributed by atoms with E-state index in [2.05, 4.69) is 15.0 Å². The van der Waals surface area contributed by atoms with Crippen LogP contribution in [0.15, 0.2) is 62.3 Å². The molecule has 14 nitrogen and oxygen atoms in total. The minimum Gasteiger partial charge on any atom is -0.486 e. The van der Waals surface area contributed by atoms with Crippen molar-refractivity contribution in [1.82, 2.24) is 15.1 Å². The molecule has 2 heterocycles. The number of anilines is 1. The largest absolute Gasteiger partial charge is 0.486 e. The van der Waals surface area contributed by atoms with Crippen molar-refractivity contribution in [2.45, 2.75) is 49.7 Å². The van der Waals surface area contributed by atoms with Crippen molar-refractivity contribution in [2.24, 2.45) is 11.4 Å². The molecular formula is C25H25N7O7S2.